The van der Waals surface area contributed by atoms with Gasteiger partial charge in [-0.25, -0.2) is 4.79 Å². The van der Waals surface area contributed by atoms with Gasteiger partial charge in [-0.3, -0.25) is 0 Å². The maximum absolute atomic E-state index is 10.7. The highest BCUT2D eigenvalue weighted by molar-refractivity contribution is 5.84. The standard InChI is InChI=1S/C16H27NO3/c1-12(2)8-6-4-5-7-11-17-13(3)14-9-10-15(20-14)16(18)19/h9-10,12-13,17H,4-8,11H2,1-3H3,(H,18,19). The molecule has 0 aliphatic rings. The summed E-state index contributed by atoms with van der Waals surface area (Å²) in [5.41, 5.74) is 0. The lowest BCUT2D eigenvalue weighted by atomic mass is 10.0. The van der Waals surface area contributed by atoms with E-state index in [0.717, 1.165) is 18.9 Å². The molecule has 0 aromatic carbocycles. The number of hydrogen-bond donors (Lipinski definition) is 2. The van der Waals surface area contributed by atoms with E-state index in [1.807, 2.05) is 6.92 Å². The van der Waals surface area contributed by atoms with Crippen molar-refractivity contribution in [1.29, 1.82) is 0 Å². The van der Waals surface area contributed by atoms with Crippen LogP contribution in [0, 0.1) is 5.92 Å². The van der Waals surface area contributed by atoms with Gasteiger partial charge in [0.25, 0.3) is 0 Å². The van der Waals surface area contributed by atoms with Crippen LogP contribution in [0.25, 0.3) is 0 Å². The molecule has 0 saturated carbocycles. The lowest BCUT2D eigenvalue weighted by Crippen LogP contribution is -2.19. The van der Waals surface area contributed by atoms with Crippen LogP contribution in [-0.4, -0.2) is 17.6 Å². The highest BCUT2D eigenvalue weighted by atomic mass is 16.4. The summed E-state index contributed by atoms with van der Waals surface area (Å²) in [6.07, 6.45) is 6.31. The summed E-state index contributed by atoms with van der Waals surface area (Å²) in [6.45, 7) is 7.45. The zero-order valence-electron chi connectivity index (χ0n) is 12.8. The Balaban J connectivity index is 2.13. The summed E-state index contributed by atoms with van der Waals surface area (Å²) in [5, 5.41) is 12.2. The van der Waals surface area contributed by atoms with Gasteiger partial charge in [-0.05, 0) is 37.9 Å². The average molecular weight is 281 g/mol. The Morgan fingerprint density at radius 3 is 2.50 bits per heavy atom. The van der Waals surface area contributed by atoms with E-state index in [-0.39, 0.29) is 11.8 Å². The molecular formula is C16H27NO3. The molecule has 1 heterocycles. The predicted octanol–water partition coefficient (Wildman–Crippen LogP) is 4.23. The van der Waals surface area contributed by atoms with Gasteiger partial charge in [0.2, 0.25) is 5.76 Å². The quantitative estimate of drug-likeness (QED) is 0.630. The zero-order valence-corrected chi connectivity index (χ0v) is 12.8. The largest absolute Gasteiger partial charge is 0.475 e. The SMILES string of the molecule is CC(C)CCCCCCNC(C)c1ccc(C(=O)O)o1. The van der Waals surface area contributed by atoms with E-state index in [1.165, 1.54) is 31.7 Å². The summed E-state index contributed by atoms with van der Waals surface area (Å²) >= 11 is 0. The Kier molecular flexibility index (Phi) is 7.37. The van der Waals surface area contributed by atoms with Gasteiger partial charge in [0, 0.05) is 0 Å². The number of unbranched alkanes of at least 4 members (excludes halogenated alkanes) is 3. The van der Waals surface area contributed by atoms with Crippen molar-refractivity contribution in [2.75, 3.05) is 6.54 Å². The average Bonchev–Trinajstić information content (AvgIpc) is 2.86. The molecule has 0 bridgehead atoms. The van der Waals surface area contributed by atoms with Crippen LogP contribution in [0.2, 0.25) is 0 Å². The fraction of sp³-hybridized carbons (Fsp3) is 0.688. The molecular weight excluding hydrogens is 254 g/mol. The predicted molar refractivity (Wildman–Crippen MR) is 80.0 cm³/mol. The number of furan rings is 1. The molecule has 1 unspecified atom stereocenters. The van der Waals surface area contributed by atoms with E-state index in [1.54, 1.807) is 6.07 Å². The molecule has 0 saturated heterocycles. The van der Waals surface area contributed by atoms with Gasteiger partial charge in [0.05, 0.1) is 6.04 Å². The van der Waals surface area contributed by atoms with Crippen LogP contribution < -0.4 is 5.32 Å². The third-order valence-corrected chi connectivity index (χ3v) is 3.42. The second-order valence-corrected chi connectivity index (χ2v) is 5.78. The van der Waals surface area contributed by atoms with E-state index in [4.69, 9.17) is 9.52 Å². The van der Waals surface area contributed by atoms with Gasteiger partial charge in [-0.1, -0.05) is 39.5 Å². The normalized spacial score (nSPS) is 12.8. The van der Waals surface area contributed by atoms with E-state index in [0.29, 0.717) is 5.76 Å². The van der Waals surface area contributed by atoms with Crippen molar-refractivity contribution >= 4 is 5.97 Å². The van der Waals surface area contributed by atoms with Crippen molar-refractivity contribution < 1.29 is 14.3 Å². The number of rotatable bonds is 10. The van der Waals surface area contributed by atoms with Crippen molar-refractivity contribution in [3.8, 4) is 0 Å². The summed E-state index contributed by atoms with van der Waals surface area (Å²) < 4.78 is 5.27. The van der Waals surface area contributed by atoms with E-state index in [2.05, 4.69) is 19.2 Å². The minimum atomic E-state index is -1.02. The summed E-state index contributed by atoms with van der Waals surface area (Å²) in [7, 11) is 0. The third kappa shape index (κ3) is 6.24. The topological polar surface area (TPSA) is 62.5 Å². The molecule has 1 aromatic heterocycles. The molecule has 1 aromatic rings. The van der Waals surface area contributed by atoms with E-state index < -0.39 is 5.97 Å². The number of carboxylic acid groups (broad SMARTS) is 1. The number of carbonyl (C=O) groups is 1. The molecule has 1 atom stereocenters. The van der Waals surface area contributed by atoms with Gasteiger partial charge >= 0.3 is 5.97 Å². The number of hydrogen-bond acceptors (Lipinski definition) is 3. The molecule has 2 N–H and O–H groups in total. The molecule has 0 radical (unpaired) electrons. The monoisotopic (exact) mass is 281 g/mol. The fourth-order valence-electron chi connectivity index (χ4n) is 2.15. The summed E-state index contributed by atoms with van der Waals surface area (Å²) in [6, 6.07) is 3.28. The van der Waals surface area contributed by atoms with Gasteiger partial charge < -0.3 is 14.8 Å². The third-order valence-electron chi connectivity index (χ3n) is 3.42. The smallest absolute Gasteiger partial charge is 0.371 e. The minimum absolute atomic E-state index is 0.00216. The summed E-state index contributed by atoms with van der Waals surface area (Å²) in [5.74, 6) is 0.466. The minimum Gasteiger partial charge on any atom is -0.475 e. The molecule has 0 fully saturated rings. The lowest BCUT2D eigenvalue weighted by Gasteiger charge is -2.11. The molecule has 4 heteroatoms. The van der Waals surface area contributed by atoms with Crippen molar-refractivity contribution in [1.82, 2.24) is 5.32 Å². The molecule has 4 nitrogen and oxygen atoms in total. The zero-order chi connectivity index (χ0) is 15.0. The number of nitrogens with one attached hydrogen (secondary N) is 1. The fourth-order valence-corrected chi connectivity index (χ4v) is 2.15. The van der Waals surface area contributed by atoms with Crippen LogP contribution >= 0.6 is 0 Å². The molecule has 0 spiro atoms. The second-order valence-electron chi connectivity index (χ2n) is 5.78. The van der Waals surface area contributed by atoms with Gasteiger partial charge in [-0.15, -0.1) is 0 Å². The van der Waals surface area contributed by atoms with Crippen LogP contribution in [0.1, 0.15) is 75.2 Å². The van der Waals surface area contributed by atoms with E-state index >= 15 is 0 Å². The first-order valence-electron chi connectivity index (χ1n) is 7.57. The van der Waals surface area contributed by atoms with Crippen molar-refractivity contribution in [3.05, 3.63) is 23.7 Å². The molecule has 20 heavy (non-hydrogen) atoms. The van der Waals surface area contributed by atoms with Crippen LogP contribution in [0.3, 0.4) is 0 Å². The Hall–Kier alpha value is -1.29. The van der Waals surface area contributed by atoms with Gasteiger partial charge in [0.1, 0.15) is 5.76 Å². The Bertz CT molecular complexity index is 398. The van der Waals surface area contributed by atoms with Crippen LogP contribution in [0.15, 0.2) is 16.5 Å². The first-order valence-corrected chi connectivity index (χ1v) is 7.57. The number of carboxylic acids is 1. The van der Waals surface area contributed by atoms with Gasteiger partial charge in [0.15, 0.2) is 0 Å². The Labute approximate surface area is 121 Å². The first kappa shape index (κ1) is 16.8. The van der Waals surface area contributed by atoms with Crippen LogP contribution in [-0.2, 0) is 0 Å². The maximum atomic E-state index is 10.7. The summed E-state index contributed by atoms with van der Waals surface area (Å²) in [4.78, 5) is 10.7. The first-order chi connectivity index (χ1) is 9.50. The van der Waals surface area contributed by atoms with Crippen molar-refractivity contribution in [2.45, 2.75) is 58.9 Å². The van der Waals surface area contributed by atoms with E-state index in [9.17, 15) is 4.79 Å². The lowest BCUT2D eigenvalue weighted by molar-refractivity contribution is 0.0659. The van der Waals surface area contributed by atoms with Crippen molar-refractivity contribution in [3.63, 3.8) is 0 Å². The molecule has 0 amide bonds. The maximum Gasteiger partial charge on any atom is 0.371 e. The highest BCUT2D eigenvalue weighted by Crippen LogP contribution is 2.16. The Morgan fingerprint density at radius 1 is 1.20 bits per heavy atom. The number of aromatic carboxylic acids is 1. The molecule has 0 aliphatic carbocycles. The molecule has 1 rings (SSSR count). The Morgan fingerprint density at radius 2 is 1.90 bits per heavy atom. The van der Waals surface area contributed by atoms with Crippen LogP contribution in [0.5, 0.6) is 0 Å². The second kappa shape index (κ2) is 8.80. The molecule has 114 valence electrons. The van der Waals surface area contributed by atoms with Crippen molar-refractivity contribution in [2.24, 2.45) is 5.92 Å². The highest BCUT2D eigenvalue weighted by Gasteiger charge is 2.13. The molecule has 0 aliphatic heterocycles. The van der Waals surface area contributed by atoms with Crippen LogP contribution in [0.4, 0.5) is 0 Å². The van der Waals surface area contributed by atoms with Gasteiger partial charge in [-0.2, -0.15) is 0 Å².